The van der Waals surface area contributed by atoms with Crippen LogP contribution in [-0.4, -0.2) is 11.0 Å². The highest BCUT2D eigenvalue weighted by Crippen LogP contribution is 2.18. The zero-order valence-electron chi connectivity index (χ0n) is 11.4. The number of nitro groups is 1. The van der Waals surface area contributed by atoms with Gasteiger partial charge in [0, 0.05) is 11.6 Å². The van der Waals surface area contributed by atoms with Crippen LogP contribution in [0.4, 0.5) is 8.78 Å². The minimum atomic E-state index is -0.950. The van der Waals surface area contributed by atoms with Gasteiger partial charge in [0.25, 0.3) is 0 Å². The van der Waals surface area contributed by atoms with Gasteiger partial charge < -0.3 is 4.74 Å². The van der Waals surface area contributed by atoms with Gasteiger partial charge in [-0.2, -0.15) is 0 Å². The molecular weight excluding hydrogens is 268 g/mol. The van der Waals surface area contributed by atoms with Crippen molar-refractivity contribution in [2.75, 3.05) is 0 Å². The summed E-state index contributed by atoms with van der Waals surface area (Å²) < 4.78 is 32.0. The molecule has 6 heteroatoms. The van der Waals surface area contributed by atoms with Gasteiger partial charge in [0.1, 0.15) is 0 Å². The smallest absolute Gasteiger partial charge is 0.233 e. The van der Waals surface area contributed by atoms with Crippen molar-refractivity contribution < 1.29 is 18.4 Å². The Bertz CT molecular complexity index is 491. The minimum Gasteiger partial charge on any atom is -0.369 e. The lowest BCUT2D eigenvalue weighted by molar-refractivity contribution is -0.403. The summed E-state index contributed by atoms with van der Waals surface area (Å²) in [7, 11) is 0. The van der Waals surface area contributed by atoms with E-state index in [9.17, 15) is 18.9 Å². The fourth-order valence-corrected chi connectivity index (χ4v) is 1.64. The molecule has 1 rings (SSSR count). The predicted octanol–water partition coefficient (Wildman–Crippen LogP) is 3.69. The van der Waals surface area contributed by atoms with Crippen molar-refractivity contribution in [2.24, 2.45) is 5.92 Å². The largest absolute Gasteiger partial charge is 0.369 e. The fourth-order valence-electron chi connectivity index (χ4n) is 1.64. The van der Waals surface area contributed by atoms with Crippen LogP contribution in [0.3, 0.4) is 0 Å². The zero-order chi connectivity index (χ0) is 15.1. The van der Waals surface area contributed by atoms with Gasteiger partial charge in [0.15, 0.2) is 11.6 Å². The van der Waals surface area contributed by atoms with Gasteiger partial charge in [0.05, 0.1) is 17.6 Å². The quantitative estimate of drug-likeness (QED) is 0.567. The molecule has 0 aliphatic carbocycles. The van der Waals surface area contributed by atoms with Crippen molar-refractivity contribution in [1.29, 1.82) is 0 Å². The summed E-state index contributed by atoms with van der Waals surface area (Å²) in [6.07, 6.45) is 2.36. The Kier molecular flexibility index (Phi) is 6.24. The van der Waals surface area contributed by atoms with Gasteiger partial charge in [-0.15, -0.1) is 0 Å². The summed E-state index contributed by atoms with van der Waals surface area (Å²) in [5.41, 5.74) is 0.0906. The average molecular weight is 285 g/mol. The molecule has 0 aliphatic heterocycles. The lowest BCUT2D eigenvalue weighted by atomic mass is 10.0. The van der Waals surface area contributed by atoms with Gasteiger partial charge in [-0.3, -0.25) is 10.1 Å². The van der Waals surface area contributed by atoms with Crippen LogP contribution in [0.25, 0.3) is 0 Å². The molecule has 0 saturated heterocycles. The summed E-state index contributed by atoms with van der Waals surface area (Å²) in [6.45, 7) is 3.65. The zero-order valence-corrected chi connectivity index (χ0v) is 11.4. The Balaban J connectivity index is 2.75. The van der Waals surface area contributed by atoms with E-state index in [4.69, 9.17) is 4.74 Å². The third-order valence-corrected chi connectivity index (χ3v) is 3.07. The first-order valence-electron chi connectivity index (χ1n) is 6.32. The normalized spacial score (nSPS) is 14.4. The second-order valence-corrected chi connectivity index (χ2v) is 4.50. The van der Waals surface area contributed by atoms with E-state index in [0.717, 1.165) is 18.7 Å². The molecule has 0 unspecified atom stereocenters. The molecule has 0 saturated carbocycles. The van der Waals surface area contributed by atoms with Crippen LogP contribution in [0.2, 0.25) is 0 Å². The van der Waals surface area contributed by atoms with E-state index in [1.54, 1.807) is 0 Å². The van der Waals surface area contributed by atoms with E-state index in [1.807, 2.05) is 13.8 Å². The maximum atomic E-state index is 13.5. The summed E-state index contributed by atoms with van der Waals surface area (Å²) in [5, 5.41) is 10.3. The third kappa shape index (κ3) is 4.70. The first-order valence-corrected chi connectivity index (χ1v) is 6.32. The number of rotatable bonds is 7. The van der Waals surface area contributed by atoms with E-state index in [0.29, 0.717) is 0 Å². The van der Waals surface area contributed by atoms with Crippen LogP contribution in [0, 0.1) is 27.7 Å². The van der Waals surface area contributed by atoms with Crippen LogP contribution in [0.15, 0.2) is 30.5 Å². The summed E-state index contributed by atoms with van der Waals surface area (Å²) in [4.78, 5) is 9.76. The highest BCUT2D eigenvalue weighted by atomic mass is 19.2. The molecule has 0 heterocycles. The SMILES string of the molecule is CC[C@H](C)[C@@H](/C=C/[N+](=O)[O-])OCc1cccc(F)c1F. The Morgan fingerprint density at radius 1 is 1.45 bits per heavy atom. The lowest BCUT2D eigenvalue weighted by Crippen LogP contribution is -2.19. The number of nitrogens with zero attached hydrogens (tertiary/aromatic N) is 1. The molecule has 0 amide bonds. The third-order valence-electron chi connectivity index (χ3n) is 3.07. The van der Waals surface area contributed by atoms with Gasteiger partial charge in [-0.25, -0.2) is 8.78 Å². The Hall–Kier alpha value is -1.82. The van der Waals surface area contributed by atoms with Crippen molar-refractivity contribution in [3.8, 4) is 0 Å². The average Bonchev–Trinajstić information content (AvgIpc) is 2.42. The summed E-state index contributed by atoms with van der Waals surface area (Å²) in [6, 6.07) is 3.84. The highest BCUT2D eigenvalue weighted by molar-refractivity contribution is 5.18. The number of hydrogen-bond donors (Lipinski definition) is 0. The molecule has 20 heavy (non-hydrogen) atoms. The van der Waals surface area contributed by atoms with Crippen LogP contribution in [-0.2, 0) is 11.3 Å². The monoisotopic (exact) mass is 285 g/mol. The van der Waals surface area contributed by atoms with E-state index >= 15 is 0 Å². The lowest BCUT2D eigenvalue weighted by Gasteiger charge is -2.19. The maximum absolute atomic E-state index is 13.5. The standard InChI is InChI=1S/C14H17F2NO3/c1-3-10(2)13(7-8-17(18)19)20-9-11-5-4-6-12(15)14(11)16/h4-8,10,13H,3,9H2,1-2H3/b8-7+/t10-,13+/m0/s1. The molecular formula is C14H17F2NO3. The number of halogens is 2. The topological polar surface area (TPSA) is 52.4 Å². The minimum absolute atomic E-state index is 0.0304. The van der Waals surface area contributed by atoms with E-state index < -0.39 is 22.7 Å². The van der Waals surface area contributed by atoms with Gasteiger partial charge in [-0.1, -0.05) is 32.4 Å². The van der Waals surface area contributed by atoms with E-state index in [2.05, 4.69) is 0 Å². The first-order chi connectivity index (χ1) is 9.45. The van der Waals surface area contributed by atoms with Crippen molar-refractivity contribution >= 4 is 0 Å². The molecule has 110 valence electrons. The Labute approximate surface area is 116 Å². The highest BCUT2D eigenvalue weighted by Gasteiger charge is 2.16. The molecule has 0 aliphatic rings. The number of benzene rings is 1. The van der Waals surface area contributed by atoms with Crippen LogP contribution in [0.1, 0.15) is 25.8 Å². The number of hydrogen-bond acceptors (Lipinski definition) is 3. The second-order valence-electron chi connectivity index (χ2n) is 4.50. The summed E-state index contributed by atoms with van der Waals surface area (Å²) >= 11 is 0. The molecule has 0 radical (unpaired) electrons. The van der Waals surface area contributed by atoms with Gasteiger partial charge >= 0.3 is 0 Å². The summed E-state index contributed by atoms with van der Waals surface area (Å²) in [5.74, 6) is -1.86. The van der Waals surface area contributed by atoms with Gasteiger partial charge in [0.2, 0.25) is 6.20 Å². The molecule has 0 bridgehead atoms. The molecule has 0 fully saturated rings. The van der Waals surface area contributed by atoms with Crippen LogP contribution < -0.4 is 0 Å². The van der Waals surface area contributed by atoms with Gasteiger partial charge in [-0.05, 0) is 12.0 Å². The molecule has 0 spiro atoms. The molecule has 0 N–H and O–H groups in total. The van der Waals surface area contributed by atoms with E-state index in [1.165, 1.54) is 18.2 Å². The van der Waals surface area contributed by atoms with Crippen molar-refractivity contribution in [2.45, 2.75) is 33.0 Å². The second kappa shape index (κ2) is 7.69. The van der Waals surface area contributed by atoms with Crippen molar-refractivity contribution in [3.05, 3.63) is 57.8 Å². The van der Waals surface area contributed by atoms with Crippen LogP contribution >= 0.6 is 0 Å². The molecule has 0 aromatic heterocycles. The Morgan fingerprint density at radius 3 is 2.75 bits per heavy atom. The molecule has 2 atom stereocenters. The molecule has 1 aromatic rings. The van der Waals surface area contributed by atoms with E-state index in [-0.39, 0.29) is 18.1 Å². The fraction of sp³-hybridized carbons (Fsp3) is 0.429. The molecule has 4 nitrogen and oxygen atoms in total. The van der Waals surface area contributed by atoms with Crippen molar-refractivity contribution in [1.82, 2.24) is 0 Å². The first kappa shape index (κ1) is 16.2. The molecule has 1 aromatic carbocycles. The van der Waals surface area contributed by atoms with Crippen LogP contribution in [0.5, 0.6) is 0 Å². The predicted molar refractivity (Wildman–Crippen MR) is 70.5 cm³/mol. The number of ether oxygens (including phenoxy) is 1. The Morgan fingerprint density at radius 2 is 2.15 bits per heavy atom. The van der Waals surface area contributed by atoms with Crippen molar-refractivity contribution in [3.63, 3.8) is 0 Å². The maximum Gasteiger partial charge on any atom is 0.233 e.